The van der Waals surface area contributed by atoms with E-state index in [1.807, 2.05) is 30.3 Å². The number of halogens is 1. The van der Waals surface area contributed by atoms with Crippen molar-refractivity contribution in [2.45, 2.75) is 45.3 Å². The molecule has 1 aliphatic rings. The number of rotatable bonds is 4. The third-order valence-corrected chi connectivity index (χ3v) is 3.94. The smallest absolute Gasteiger partial charge is 0.282 e. The fourth-order valence-corrected chi connectivity index (χ4v) is 2.76. The Balaban J connectivity index is 2.06. The van der Waals surface area contributed by atoms with E-state index in [1.54, 1.807) is 18.7 Å². The van der Waals surface area contributed by atoms with E-state index >= 15 is 0 Å². The van der Waals surface area contributed by atoms with Gasteiger partial charge in [-0.3, -0.25) is 4.79 Å². The molecule has 1 aromatic rings. The SMILES string of the molecule is CC(C)=C(F)C(=O)N1CCCC1CC(O)c1ccccc1. The van der Waals surface area contributed by atoms with Crippen LogP contribution in [0.5, 0.6) is 0 Å². The predicted molar refractivity (Wildman–Crippen MR) is 80.2 cm³/mol. The first kappa shape index (κ1) is 15.7. The van der Waals surface area contributed by atoms with Gasteiger partial charge >= 0.3 is 0 Å². The standard InChI is InChI=1S/C17H22FNO2/c1-12(2)16(18)17(21)19-10-6-9-14(19)11-15(20)13-7-4-3-5-8-13/h3-5,7-8,14-15,20H,6,9-11H2,1-2H3. The van der Waals surface area contributed by atoms with Crippen molar-refractivity contribution in [2.75, 3.05) is 6.54 Å². The van der Waals surface area contributed by atoms with Crippen LogP contribution in [0.15, 0.2) is 41.7 Å². The van der Waals surface area contributed by atoms with Gasteiger partial charge in [-0.15, -0.1) is 0 Å². The average molecular weight is 291 g/mol. The van der Waals surface area contributed by atoms with Gasteiger partial charge in [-0.25, -0.2) is 4.39 Å². The van der Waals surface area contributed by atoms with Gasteiger partial charge in [0.05, 0.1) is 6.10 Å². The Bertz CT molecular complexity index is 523. The Labute approximate surface area is 125 Å². The zero-order valence-electron chi connectivity index (χ0n) is 12.6. The lowest BCUT2D eigenvalue weighted by Crippen LogP contribution is -2.37. The summed E-state index contributed by atoms with van der Waals surface area (Å²) in [6.07, 6.45) is 1.49. The maximum atomic E-state index is 13.8. The molecule has 0 radical (unpaired) electrons. The molecule has 1 heterocycles. The zero-order valence-corrected chi connectivity index (χ0v) is 12.6. The van der Waals surface area contributed by atoms with Crippen molar-refractivity contribution in [3.63, 3.8) is 0 Å². The number of hydrogen-bond acceptors (Lipinski definition) is 2. The van der Waals surface area contributed by atoms with Crippen molar-refractivity contribution in [2.24, 2.45) is 0 Å². The Morgan fingerprint density at radius 1 is 1.38 bits per heavy atom. The molecule has 1 aromatic carbocycles. The average Bonchev–Trinajstić information content (AvgIpc) is 2.94. The van der Waals surface area contributed by atoms with Crippen LogP contribution in [0.4, 0.5) is 4.39 Å². The molecule has 4 heteroatoms. The summed E-state index contributed by atoms with van der Waals surface area (Å²) >= 11 is 0. The van der Waals surface area contributed by atoms with Crippen LogP contribution >= 0.6 is 0 Å². The number of carbonyl (C=O) groups is 1. The van der Waals surface area contributed by atoms with Gasteiger partial charge in [0, 0.05) is 12.6 Å². The van der Waals surface area contributed by atoms with Gasteiger partial charge in [0.2, 0.25) is 0 Å². The number of allylic oxidation sites excluding steroid dienone is 1. The maximum absolute atomic E-state index is 13.8. The Morgan fingerprint density at radius 3 is 2.67 bits per heavy atom. The molecule has 114 valence electrons. The quantitative estimate of drug-likeness (QED) is 0.864. The van der Waals surface area contributed by atoms with Crippen LogP contribution in [0, 0.1) is 0 Å². The first-order valence-corrected chi connectivity index (χ1v) is 7.37. The second-order valence-electron chi connectivity index (χ2n) is 5.77. The minimum atomic E-state index is -0.670. The normalized spacial score (nSPS) is 19.4. The number of carbonyl (C=O) groups excluding carboxylic acids is 1. The van der Waals surface area contributed by atoms with E-state index in [0.29, 0.717) is 18.5 Å². The molecule has 2 unspecified atom stereocenters. The van der Waals surface area contributed by atoms with Gasteiger partial charge in [-0.2, -0.15) is 0 Å². The monoisotopic (exact) mass is 291 g/mol. The molecule has 1 saturated heterocycles. The second-order valence-corrected chi connectivity index (χ2v) is 5.77. The first-order valence-electron chi connectivity index (χ1n) is 7.37. The maximum Gasteiger partial charge on any atom is 0.282 e. The number of nitrogens with zero attached hydrogens (tertiary/aromatic N) is 1. The molecular weight excluding hydrogens is 269 g/mol. The Kier molecular flexibility index (Phi) is 5.12. The third kappa shape index (κ3) is 3.70. The molecule has 1 fully saturated rings. The molecule has 0 aromatic heterocycles. The summed E-state index contributed by atoms with van der Waals surface area (Å²) in [5.41, 5.74) is 1.23. The predicted octanol–water partition coefficient (Wildman–Crippen LogP) is 3.36. The molecule has 1 amide bonds. The summed E-state index contributed by atoms with van der Waals surface area (Å²) in [7, 11) is 0. The van der Waals surface area contributed by atoms with E-state index in [1.165, 1.54) is 0 Å². The Morgan fingerprint density at radius 2 is 2.05 bits per heavy atom. The number of hydrogen-bond donors (Lipinski definition) is 1. The highest BCUT2D eigenvalue weighted by atomic mass is 19.1. The third-order valence-electron chi connectivity index (χ3n) is 3.94. The van der Waals surface area contributed by atoms with Crippen LogP contribution in [0.1, 0.15) is 44.8 Å². The fraction of sp³-hybridized carbons (Fsp3) is 0.471. The van der Waals surface area contributed by atoms with Crippen molar-refractivity contribution in [1.29, 1.82) is 0 Å². The highest BCUT2D eigenvalue weighted by molar-refractivity contribution is 5.92. The van der Waals surface area contributed by atoms with Crippen LogP contribution in [-0.4, -0.2) is 28.5 Å². The van der Waals surface area contributed by atoms with Gasteiger partial charge in [0.1, 0.15) is 0 Å². The largest absolute Gasteiger partial charge is 0.388 e. The second kappa shape index (κ2) is 6.85. The van der Waals surface area contributed by atoms with E-state index in [2.05, 4.69) is 0 Å². The van der Waals surface area contributed by atoms with Crippen molar-refractivity contribution >= 4 is 5.91 Å². The molecule has 0 saturated carbocycles. The summed E-state index contributed by atoms with van der Waals surface area (Å²) in [5.74, 6) is -1.21. The van der Waals surface area contributed by atoms with Crippen LogP contribution < -0.4 is 0 Å². The van der Waals surface area contributed by atoms with Crippen LogP contribution in [0.2, 0.25) is 0 Å². The van der Waals surface area contributed by atoms with Crippen molar-refractivity contribution in [3.8, 4) is 0 Å². The highest BCUT2D eigenvalue weighted by Gasteiger charge is 2.32. The first-order chi connectivity index (χ1) is 10.0. The summed E-state index contributed by atoms with van der Waals surface area (Å²) in [5, 5.41) is 10.3. The summed E-state index contributed by atoms with van der Waals surface area (Å²) in [6, 6.07) is 9.27. The van der Waals surface area contributed by atoms with E-state index in [4.69, 9.17) is 0 Å². The molecular formula is C17H22FNO2. The van der Waals surface area contributed by atoms with Crippen molar-refractivity contribution in [3.05, 3.63) is 47.3 Å². The molecule has 21 heavy (non-hydrogen) atoms. The van der Waals surface area contributed by atoms with Gasteiger partial charge in [0.25, 0.3) is 5.91 Å². The lowest BCUT2D eigenvalue weighted by Gasteiger charge is -2.26. The fourth-order valence-electron chi connectivity index (χ4n) is 2.76. The molecule has 1 aliphatic heterocycles. The molecule has 3 nitrogen and oxygen atoms in total. The van der Waals surface area contributed by atoms with Crippen molar-refractivity contribution in [1.82, 2.24) is 4.90 Å². The van der Waals surface area contributed by atoms with E-state index in [9.17, 15) is 14.3 Å². The molecule has 0 spiro atoms. The zero-order chi connectivity index (χ0) is 15.4. The summed E-state index contributed by atoms with van der Waals surface area (Å²) in [6.45, 7) is 3.75. The number of benzene rings is 1. The number of aliphatic hydroxyl groups excluding tert-OH is 1. The molecule has 0 aliphatic carbocycles. The van der Waals surface area contributed by atoms with E-state index < -0.39 is 17.8 Å². The van der Waals surface area contributed by atoms with Crippen LogP contribution in [-0.2, 0) is 4.79 Å². The minimum Gasteiger partial charge on any atom is -0.388 e. The van der Waals surface area contributed by atoms with E-state index in [-0.39, 0.29) is 6.04 Å². The number of amides is 1. The lowest BCUT2D eigenvalue weighted by atomic mass is 10.0. The van der Waals surface area contributed by atoms with Crippen molar-refractivity contribution < 1.29 is 14.3 Å². The topological polar surface area (TPSA) is 40.5 Å². The van der Waals surface area contributed by atoms with Gasteiger partial charge < -0.3 is 10.0 Å². The summed E-state index contributed by atoms with van der Waals surface area (Å²) in [4.78, 5) is 13.7. The van der Waals surface area contributed by atoms with E-state index in [0.717, 1.165) is 18.4 Å². The lowest BCUT2D eigenvalue weighted by molar-refractivity contribution is -0.130. The number of aliphatic hydroxyl groups is 1. The minimum absolute atomic E-state index is 0.0993. The van der Waals surface area contributed by atoms with Gasteiger partial charge in [-0.05, 0) is 44.2 Å². The Hall–Kier alpha value is -1.68. The highest BCUT2D eigenvalue weighted by Crippen LogP contribution is 2.29. The molecule has 2 rings (SSSR count). The molecule has 2 atom stereocenters. The number of likely N-dealkylation sites (tertiary alicyclic amines) is 1. The molecule has 0 bridgehead atoms. The summed E-state index contributed by atoms with van der Waals surface area (Å²) < 4.78 is 13.8. The van der Waals surface area contributed by atoms with Crippen LogP contribution in [0.3, 0.4) is 0 Å². The van der Waals surface area contributed by atoms with Gasteiger partial charge in [0.15, 0.2) is 5.83 Å². The van der Waals surface area contributed by atoms with Gasteiger partial charge in [-0.1, -0.05) is 30.3 Å². The molecule has 1 N–H and O–H groups in total. The van der Waals surface area contributed by atoms with Crippen LogP contribution in [0.25, 0.3) is 0 Å².